The number of anilines is 1. The maximum absolute atomic E-state index is 13.6. The molecular formula is C13H18ClFN2O2. The van der Waals surface area contributed by atoms with Crippen molar-refractivity contribution in [1.82, 2.24) is 5.32 Å². The molecule has 0 bridgehead atoms. The number of rotatable bonds is 6. The predicted octanol–water partition coefficient (Wildman–Crippen LogP) is 3.07. The Balaban J connectivity index is 2.42. The number of halogens is 2. The molecule has 0 saturated heterocycles. The standard InChI is InChI=1S/C13H18ClFN2O2/c1-9-7-11(15)12(8-10(9)14)17-13(19)16-5-3-2-4-6-18/h7-8,18H,2-6H2,1H3,(H2,16,17,19). The van der Waals surface area contributed by atoms with E-state index in [4.69, 9.17) is 16.7 Å². The van der Waals surface area contributed by atoms with Crippen LogP contribution in [0.1, 0.15) is 24.8 Å². The molecule has 0 atom stereocenters. The van der Waals surface area contributed by atoms with Gasteiger partial charge in [-0.1, -0.05) is 11.6 Å². The van der Waals surface area contributed by atoms with Crippen molar-refractivity contribution in [2.24, 2.45) is 0 Å². The molecular weight excluding hydrogens is 271 g/mol. The van der Waals surface area contributed by atoms with Crippen LogP contribution in [-0.4, -0.2) is 24.3 Å². The Morgan fingerprint density at radius 3 is 2.79 bits per heavy atom. The molecule has 0 spiro atoms. The Labute approximate surface area is 117 Å². The van der Waals surface area contributed by atoms with Gasteiger partial charge in [0.1, 0.15) is 5.82 Å². The van der Waals surface area contributed by atoms with E-state index in [-0.39, 0.29) is 12.3 Å². The lowest BCUT2D eigenvalue weighted by Crippen LogP contribution is -2.29. The van der Waals surface area contributed by atoms with Crippen LogP contribution < -0.4 is 10.6 Å². The highest BCUT2D eigenvalue weighted by atomic mass is 35.5. The molecule has 19 heavy (non-hydrogen) atoms. The summed E-state index contributed by atoms with van der Waals surface area (Å²) in [4.78, 5) is 11.5. The van der Waals surface area contributed by atoms with Gasteiger partial charge in [0.25, 0.3) is 0 Å². The third-order valence-electron chi connectivity index (χ3n) is 2.62. The average molecular weight is 289 g/mol. The lowest BCUT2D eigenvalue weighted by molar-refractivity contribution is 0.251. The van der Waals surface area contributed by atoms with Crippen LogP contribution in [0.3, 0.4) is 0 Å². The number of hydrogen-bond donors (Lipinski definition) is 3. The number of nitrogens with one attached hydrogen (secondary N) is 2. The number of benzene rings is 1. The number of urea groups is 1. The van der Waals surface area contributed by atoms with Gasteiger partial charge in [-0.15, -0.1) is 0 Å². The van der Waals surface area contributed by atoms with Crippen molar-refractivity contribution in [2.45, 2.75) is 26.2 Å². The Hall–Kier alpha value is -1.33. The van der Waals surface area contributed by atoms with Crippen LogP contribution in [0.15, 0.2) is 12.1 Å². The van der Waals surface area contributed by atoms with Crippen molar-refractivity contribution in [1.29, 1.82) is 0 Å². The summed E-state index contributed by atoms with van der Waals surface area (Å²) in [5, 5.41) is 14.0. The summed E-state index contributed by atoms with van der Waals surface area (Å²) < 4.78 is 13.6. The van der Waals surface area contributed by atoms with Gasteiger partial charge in [-0.2, -0.15) is 0 Å². The van der Waals surface area contributed by atoms with Gasteiger partial charge in [0.05, 0.1) is 5.69 Å². The molecule has 6 heteroatoms. The SMILES string of the molecule is Cc1cc(F)c(NC(=O)NCCCCCO)cc1Cl. The van der Waals surface area contributed by atoms with E-state index >= 15 is 0 Å². The van der Waals surface area contributed by atoms with E-state index in [1.165, 1.54) is 12.1 Å². The third kappa shape index (κ3) is 5.44. The minimum Gasteiger partial charge on any atom is -0.396 e. The van der Waals surface area contributed by atoms with Crippen molar-refractivity contribution >= 4 is 23.3 Å². The molecule has 0 radical (unpaired) electrons. The molecule has 4 nitrogen and oxygen atoms in total. The van der Waals surface area contributed by atoms with Crippen LogP contribution in [0.5, 0.6) is 0 Å². The van der Waals surface area contributed by atoms with Crippen LogP contribution in [0.2, 0.25) is 5.02 Å². The largest absolute Gasteiger partial charge is 0.396 e. The van der Waals surface area contributed by atoms with E-state index in [2.05, 4.69) is 10.6 Å². The maximum atomic E-state index is 13.6. The molecule has 0 aromatic heterocycles. The molecule has 0 saturated carbocycles. The zero-order valence-electron chi connectivity index (χ0n) is 10.8. The first-order valence-electron chi connectivity index (χ1n) is 6.16. The molecule has 0 heterocycles. The molecule has 0 aliphatic rings. The van der Waals surface area contributed by atoms with E-state index in [1.54, 1.807) is 6.92 Å². The van der Waals surface area contributed by atoms with Crippen LogP contribution in [0.25, 0.3) is 0 Å². The first kappa shape index (κ1) is 15.7. The molecule has 1 aromatic rings. The van der Waals surface area contributed by atoms with E-state index in [1.807, 2.05) is 0 Å². The van der Waals surface area contributed by atoms with Crippen LogP contribution in [0.4, 0.5) is 14.9 Å². The van der Waals surface area contributed by atoms with Gasteiger partial charge in [0.15, 0.2) is 0 Å². The van der Waals surface area contributed by atoms with Gasteiger partial charge in [-0.25, -0.2) is 9.18 Å². The van der Waals surface area contributed by atoms with Gasteiger partial charge in [0.2, 0.25) is 0 Å². The number of amides is 2. The van der Waals surface area contributed by atoms with Crippen LogP contribution >= 0.6 is 11.6 Å². The molecule has 1 rings (SSSR count). The van der Waals surface area contributed by atoms with E-state index in [9.17, 15) is 9.18 Å². The quantitative estimate of drug-likeness (QED) is 0.705. The lowest BCUT2D eigenvalue weighted by atomic mass is 10.2. The van der Waals surface area contributed by atoms with Gasteiger partial charge in [-0.05, 0) is 43.9 Å². The number of aryl methyl sites for hydroxylation is 1. The molecule has 2 amide bonds. The van der Waals surface area contributed by atoms with Crippen LogP contribution in [-0.2, 0) is 0 Å². The van der Waals surface area contributed by atoms with E-state index in [0.717, 1.165) is 12.8 Å². The second kappa shape index (κ2) is 7.96. The van der Waals surface area contributed by atoms with Crippen molar-refractivity contribution in [3.63, 3.8) is 0 Å². The molecule has 106 valence electrons. The summed E-state index contributed by atoms with van der Waals surface area (Å²) in [5.74, 6) is -0.516. The Morgan fingerprint density at radius 1 is 1.37 bits per heavy atom. The number of hydrogen-bond acceptors (Lipinski definition) is 2. The lowest BCUT2D eigenvalue weighted by Gasteiger charge is -2.09. The molecule has 1 aromatic carbocycles. The highest BCUT2D eigenvalue weighted by Crippen LogP contribution is 2.23. The second-order valence-corrected chi connectivity index (χ2v) is 4.65. The Kier molecular flexibility index (Phi) is 6.59. The smallest absolute Gasteiger partial charge is 0.319 e. The number of carbonyl (C=O) groups excluding carboxylic acids is 1. The topological polar surface area (TPSA) is 61.4 Å². The molecule has 3 N–H and O–H groups in total. The number of aliphatic hydroxyl groups is 1. The minimum absolute atomic E-state index is 0.0588. The summed E-state index contributed by atoms with van der Waals surface area (Å²) in [6, 6.07) is 2.19. The van der Waals surface area contributed by atoms with Gasteiger partial charge < -0.3 is 15.7 Å². The summed E-state index contributed by atoms with van der Waals surface area (Å²) in [7, 11) is 0. The van der Waals surface area contributed by atoms with Crippen molar-refractivity contribution < 1.29 is 14.3 Å². The summed E-state index contributed by atoms with van der Waals surface area (Å²) in [5.41, 5.74) is 0.678. The first-order chi connectivity index (χ1) is 9.04. The predicted molar refractivity (Wildman–Crippen MR) is 74.1 cm³/mol. The fourth-order valence-electron chi connectivity index (χ4n) is 1.52. The Morgan fingerprint density at radius 2 is 2.11 bits per heavy atom. The summed E-state index contributed by atoms with van der Waals surface area (Å²) in [6.07, 6.45) is 2.32. The average Bonchev–Trinajstić information content (AvgIpc) is 2.35. The second-order valence-electron chi connectivity index (χ2n) is 4.25. The summed E-state index contributed by atoms with van der Waals surface area (Å²) in [6.45, 7) is 2.32. The first-order valence-corrected chi connectivity index (χ1v) is 6.53. The van der Waals surface area contributed by atoms with Gasteiger partial charge in [-0.3, -0.25) is 0 Å². The number of unbranched alkanes of at least 4 members (excludes halogenated alkanes) is 2. The van der Waals surface area contributed by atoms with Gasteiger partial charge >= 0.3 is 6.03 Å². The van der Waals surface area contributed by atoms with Crippen LogP contribution in [0, 0.1) is 12.7 Å². The van der Waals surface area contributed by atoms with Gasteiger partial charge in [0, 0.05) is 18.2 Å². The highest BCUT2D eigenvalue weighted by molar-refractivity contribution is 6.31. The maximum Gasteiger partial charge on any atom is 0.319 e. The zero-order valence-corrected chi connectivity index (χ0v) is 11.6. The van der Waals surface area contributed by atoms with Crippen molar-refractivity contribution in [3.8, 4) is 0 Å². The van der Waals surface area contributed by atoms with E-state index < -0.39 is 11.8 Å². The monoisotopic (exact) mass is 288 g/mol. The third-order valence-corrected chi connectivity index (χ3v) is 3.02. The molecule has 0 fully saturated rings. The highest BCUT2D eigenvalue weighted by Gasteiger charge is 2.09. The minimum atomic E-state index is -0.516. The van der Waals surface area contributed by atoms with E-state index in [0.29, 0.717) is 23.6 Å². The molecule has 0 unspecified atom stereocenters. The van der Waals surface area contributed by atoms with Crippen molar-refractivity contribution in [2.75, 3.05) is 18.5 Å². The zero-order chi connectivity index (χ0) is 14.3. The Bertz CT molecular complexity index is 441. The molecule has 0 aliphatic carbocycles. The fraction of sp³-hybridized carbons (Fsp3) is 0.462. The van der Waals surface area contributed by atoms with Crippen molar-refractivity contribution in [3.05, 3.63) is 28.5 Å². The number of carbonyl (C=O) groups is 1. The number of aliphatic hydroxyl groups excluding tert-OH is 1. The fourth-order valence-corrected chi connectivity index (χ4v) is 1.69. The normalized spacial score (nSPS) is 10.3. The molecule has 0 aliphatic heterocycles. The summed E-state index contributed by atoms with van der Waals surface area (Å²) >= 11 is 5.87.